The van der Waals surface area contributed by atoms with Crippen LogP contribution < -0.4 is 5.73 Å². The van der Waals surface area contributed by atoms with Crippen LogP contribution in [0.15, 0.2) is 22.1 Å². The molecule has 0 amide bonds. The summed E-state index contributed by atoms with van der Waals surface area (Å²) in [7, 11) is 0. The quantitative estimate of drug-likeness (QED) is 0.862. The third-order valence-electron chi connectivity index (χ3n) is 3.22. The second-order valence-electron chi connectivity index (χ2n) is 4.44. The lowest BCUT2D eigenvalue weighted by atomic mass is 10.2. The van der Waals surface area contributed by atoms with Crippen LogP contribution in [-0.2, 0) is 6.54 Å². The van der Waals surface area contributed by atoms with E-state index < -0.39 is 0 Å². The molecule has 1 fully saturated rings. The second-order valence-corrected chi connectivity index (χ2v) is 8.08. The van der Waals surface area contributed by atoms with E-state index in [-0.39, 0.29) is 12.4 Å². The summed E-state index contributed by atoms with van der Waals surface area (Å²) >= 11 is 6.98. The fraction of sp³-hybridized carbons (Fsp3) is 0.417. The number of nitrogen functional groups attached to an aromatic ring is 1. The van der Waals surface area contributed by atoms with Crippen molar-refractivity contribution in [2.24, 2.45) is 0 Å². The first-order chi connectivity index (χ1) is 8.72. The third-order valence-corrected chi connectivity index (χ3v) is 5.75. The molecule has 0 aliphatic carbocycles. The summed E-state index contributed by atoms with van der Waals surface area (Å²) in [6.07, 6.45) is 4.43. The molecule has 19 heavy (non-hydrogen) atoms. The number of thiophene rings is 1. The van der Waals surface area contributed by atoms with E-state index in [1.165, 1.54) is 26.4 Å². The van der Waals surface area contributed by atoms with Crippen LogP contribution in [0.4, 0.5) is 5.13 Å². The highest BCUT2D eigenvalue weighted by molar-refractivity contribution is 9.11. The summed E-state index contributed by atoms with van der Waals surface area (Å²) in [5.74, 6) is 0. The summed E-state index contributed by atoms with van der Waals surface area (Å²) in [5, 5.41) is 0.666. The Bertz CT molecular complexity index is 543. The zero-order valence-electron chi connectivity index (χ0n) is 10.2. The molecular weight excluding hydrogens is 366 g/mol. The number of hydrogen-bond acceptors (Lipinski definition) is 5. The van der Waals surface area contributed by atoms with Crippen molar-refractivity contribution in [2.75, 3.05) is 12.3 Å². The van der Waals surface area contributed by atoms with Crippen LogP contribution in [0.3, 0.4) is 0 Å². The second kappa shape index (κ2) is 6.54. The van der Waals surface area contributed by atoms with Gasteiger partial charge >= 0.3 is 0 Å². The minimum absolute atomic E-state index is 0. The van der Waals surface area contributed by atoms with E-state index in [1.54, 1.807) is 11.3 Å². The number of likely N-dealkylation sites (tertiary alicyclic amines) is 1. The first-order valence-corrected chi connectivity index (χ1v) is 8.34. The smallest absolute Gasteiger partial charge is 0.180 e. The number of thiazole rings is 1. The zero-order chi connectivity index (χ0) is 12.5. The van der Waals surface area contributed by atoms with Gasteiger partial charge in [-0.05, 0) is 47.4 Å². The van der Waals surface area contributed by atoms with E-state index in [2.05, 4.69) is 37.9 Å². The molecule has 3 heterocycles. The Morgan fingerprint density at radius 2 is 2.26 bits per heavy atom. The number of nitrogens with two attached hydrogens (primary N) is 1. The Hall–Kier alpha value is -0.140. The van der Waals surface area contributed by atoms with Crippen LogP contribution >= 0.6 is 51.0 Å². The normalized spacial score (nSPS) is 19.5. The Morgan fingerprint density at radius 3 is 2.89 bits per heavy atom. The van der Waals surface area contributed by atoms with Crippen molar-refractivity contribution in [3.05, 3.63) is 31.9 Å². The first-order valence-electron chi connectivity index (χ1n) is 5.92. The lowest BCUT2D eigenvalue weighted by Crippen LogP contribution is -2.21. The summed E-state index contributed by atoms with van der Waals surface area (Å²) in [6, 6.07) is 4.93. The van der Waals surface area contributed by atoms with Gasteiger partial charge in [0.2, 0.25) is 0 Å². The highest BCUT2D eigenvalue weighted by Gasteiger charge is 2.27. The van der Waals surface area contributed by atoms with Crippen molar-refractivity contribution in [1.82, 2.24) is 9.88 Å². The molecule has 7 heteroatoms. The van der Waals surface area contributed by atoms with Crippen molar-refractivity contribution in [2.45, 2.75) is 25.4 Å². The number of rotatable bonds is 3. The van der Waals surface area contributed by atoms with Gasteiger partial charge in [-0.1, -0.05) is 0 Å². The molecule has 1 aliphatic rings. The molecule has 2 N–H and O–H groups in total. The van der Waals surface area contributed by atoms with Crippen LogP contribution in [-0.4, -0.2) is 16.4 Å². The topological polar surface area (TPSA) is 42.1 Å². The minimum atomic E-state index is 0. The molecule has 0 spiro atoms. The van der Waals surface area contributed by atoms with Gasteiger partial charge in [0, 0.05) is 28.5 Å². The monoisotopic (exact) mass is 379 g/mol. The van der Waals surface area contributed by atoms with Crippen LogP contribution in [0.25, 0.3) is 0 Å². The van der Waals surface area contributed by atoms with E-state index >= 15 is 0 Å². The molecule has 1 saturated heterocycles. The number of halogens is 2. The minimum Gasteiger partial charge on any atom is -0.375 e. The molecule has 2 aromatic rings. The molecule has 1 aliphatic heterocycles. The van der Waals surface area contributed by atoms with E-state index in [9.17, 15) is 0 Å². The first kappa shape index (κ1) is 15.3. The maximum Gasteiger partial charge on any atom is 0.180 e. The van der Waals surface area contributed by atoms with Gasteiger partial charge in [-0.3, -0.25) is 4.90 Å². The highest BCUT2D eigenvalue weighted by Crippen LogP contribution is 2.38. The van der Waals surface area contributed by atoms with E-state index in [0.717, 1.165) is 13.1 Å². The van der Waals surface area contributed by atoms with Gasteiger partial charge in [-0.15, -0.1) is 35.1 Å². The van der Waals surface area contributed by atoms with Gasteiger partial charge in [-0.2, -0.15) is 0 Å². The molecule has 1 atom stereocenters. The Morgan fingerprint density at radius 1 is 1.42 bits per heavy atom. The van der Waals surface area contributed by atoms with E-state index in [4.69, 9.17) is 5.73 Å². The maximum atomic E-state index is 5.69. The largest absolute Gasteiger partial charge is 0.375 e. The van der Waals surface area contributed by atoms with Crippen molar-refractivity contribution in [1.29, 1.82) is 0 Å². The summed E-state index contributed by atoms with van der Waals surface area (Å²) in [6.45, 7) is 2.13. The van der Waals surface area contributed by atoms with Crippen LogP contribution in [0.2, 0.25) is 0 Å². The lowest BCUT2D eigenvalue weighted by molar-refractivity contribution is 0.254. The van der Waals surface area contributed by atoms with E-state index in [1.807, 2.05) is 17.5 Å². The third kappa shape index (κ3) is 3.49. The van der Waals surface area contributed by atoms with Crippen LogP contribution in [0, 0.1) is 0 Å². The molecule has 0 aromatic carbocycles. The number of aromatic nitrogens is 1. The van der Waals surface area contributed by atoms with Gasteiger partial charge in [0.05, 0.1) is 3.79 Å². The molecule has 0 radical (unpaired) electrons. The van der Waals surface area contributed by atoms with Crippen molar-refractivity contribution in [3.8, 4) is 0 Å². The molecule has 104 valence electrons. The fourth-order valence-corrected chi connectivity index (χ4v) is 4.74. The van der Waals surface area contributed by atoms with Gasteiger partial charge in [0.1, 0.15) is 0 Å². The number of anilines is 1. The van der Waals surface area contributed by atoms with Gasteiger partial charge < -0.3 is 5.73 Å². The van der Waals surface area contributed by atoms with Gasteiger partial charge in [-0.25, -0.2) is 4.98 Å². The molecule has 0 bridgehead atoms. The number of nitrogens with zero attached hydrogens (tertiary/aromatic N) is 2. The van der Waals surface area contributed by atoms with Crippen molar-refractivity contribution in [3.63, 3.8) is 0 Å². The zero-order valence-corrected chi connectivity index (χ0v) is 14.2. The number of hydrogen-bond donors (Lipinski definition) is 1. The molecule has 3 nitrogen and oxygen atoms in total. The predicted octanol–water partition coefficient (Wildman–Crippen LogP) is 4.31. The van der Waals surface area contributed by atoms with Crippen LogP contribution in [0.5, 0.6) is 0 Å². The lowest BCUT2D eigenvalue weighted by Gasteiger charge is -2.22. The standard InChI is InChI=1S/C12H14BrN3S2.ClH/c13-11-4-3-10(18-11)9-2-1-5-16(9)7-8-6-15-12(14)17-8;/h3-4,6,9H,1-2,5,7H2,(H2,14,15);1H. The summed E-state index contributed by atoms with van der Waals surface area (Å²) in [5.41, 5.74) is 5.69. The average molecular weight is 381 g/mol. The van der Waals surface area contributed by atoms with Gasteiger partial charge in [0.15, 0.2) is 5.13 Å². The van der Waals surface area contributed by atoms with Crippen LogP contribution in [0.1, 0.15) is 28.6 Å². The SMILES string of the molecule is Cl.Nc1ncc(CN2CCCC2c2ccc(Br)s2)s1. The molecule has 2 aromatic heterocycles. The van der Waals surface area contributed by atoms with Crippen molar-refractivity contribution < 1.29 is 0 Å². The maximum absolute atomic E-state index is 5.69. The molecular formula is C12H15BrClN3S2. The Balaban J connectivity index is 0.00000133. The van der Waals surface area contributed by atoms with Gasteiger partial charge in [0.25, 0.3) is 0 Å². The summed E-state index contributed by atoms with van der Waals surface area (Å²) in [4.78, 5) is 9.37. The molecule has 3 rings (SSSR count). The molecule has 1 unspecified atom stereocenters. The fourth-order valence-electron chi connectivity index (χ4n) is 2.44. The van der Waals surface area contributed by atoms with E-state index in [0.29, 0.717) is 11.2 Å². The Kier molecular flexibility index (Phi) is 5.25. The predicted molar refractivity (Wildman–Crippen MR) is 88.2 cm³/mol. The van der Waals surface area contributed by atoms with Crippen molar-refractivity contribution >= 4 is 56.1 Å². The summed E-state index contributed by atoms with van der Waals surface area (Å²) < 4.78 is 1.21. The Labute approximate surface area is 135 Å². The molecule has 0 saturated carbocycles. The highest BCUT2D eigenvalue weighted by atomic mass is 79.9. The average Bonchev–Trinajstić information content (AvgIpc) is 3.01.